The molecule has 1 aromatic carbocycles. The summed E-state index contributed by atoms with van der Waals surface area (Å²) in [4.78, 5) is 1.18. The van der Waals surface area contributed by atoms with E-state index >= 15 is 0 Å². The predicted molar refractivity (Wildman–Crippen MR) is 87.2 cm³/mol. The third kappa shape index (κ3) is 3.04. The van der Waals surface area contributed by atoms with Gasteiger partial charge in [-0.05, 0) is 23.6 Å². The maximum absolute atomic E-state index is 6.02. The Morgan fingerprint density at radius 3 is 3.05 bits per heavy atom. The molecule has 2 N–H and O–H groups in total. The number of hydrogen-bond acceptors (Lipinski definition) is 4. The van der Waals surface area contributed by atoms with E-state index in [1.165, 1.54) is 4.88 Å². The van der Waals surface area contributed by atoms with Crippen molar-refractivity contribution in [2.24, 2.45) is 0 Å². The van der Waals surface area contributed by atoms with Gasteiger partial charge in [0.05, 0.1) is 28.9 Å². The van der Waals surface area contributed by atoms with Gasteiger partial charge in [0, 0.05) is 23.9 Å². The van der Waals surface area contributed by atoms with Crippen LogP contribution in [0.2, 0.25) is 5.02 Å². The number of anilines is 1. The van der Waals surface area contributed by atoms with E-state index in [1.54, 1.807) is 18.4 Å². The maximum atomic E-state index is 6.02. The molecule has 3 rings (SSSR count). The van der Waals surface area contributed by atoms with E-state index in [2.05, 4.69) is 27.0 Å². The van der Waals surface area contributed by atoms with Gasteiger partial charge in [0.15, 0.2) is 0 Å². The third-order valence-electron chi connectivity index (χ3n) is 3.12. The van der Waals surface area contributed by atoms with Gasteiger partial charge in [-0.1, -0.05) is 17.7 Å². The molecule has 0 unspecified atom stereocenters. The highest BCUT2D eigenvalue weighted by Gasteiger charge is 2.09. The first kappa shape index (κ1) is 14.0. The molecule has 3 aromatic rings. The van der Waals surface area contributed by atoms with Gasteiger partial charge in [0.25, 0.3) is 0 Å². The van der Waals surface area contributed by atoms with E-state index < -0.39 is 0 Å². The number of benzene rings is 1. The number of hydrogen-bond donors (Lipinski definition) is 2. The second-order valence-corrected chi connectivity index (χ2v) is 5.81. The summed E-state index contributed by atoms with van der Waals surface area (Å²) >= 11 is 7.71. The molecule has 0 aliphatic heterocycles. The fraction of sp³-hybridized carbons (Fsp3) is 0.133. The summed E-state index contributed by atoms with van der Waals surface area (Å²) in [5.41, 5.74) is 3.12. The van der Waals surface area contributed by atoms with Crippen LogP contribution in [0, 0.1) is 0 Å². The van der Waals surface area contributed by atoms with Crippen molar-refractivity contribution in [2.75, 3.05) is 12.4 Å². The van der Waals surface area contributed by atoms with Crippen LogP contribution in [-0.2, 0) is 6.54 Å². The van der Waals surface area contributed by atoms with Crippen molar-refractivity contribution in [3.05, 3.63) is 52.5 Å². The number of methoxy groups -OCH3 is 1. The van der Waals surface area contributed by atoms with Gasteiger partial charge in [-0.25, -0.2) is 0 Å². The van der Waals surface area contributed by atoms with E-state index in [4.69, 9.17) is 16.3 Å². The van der Waals surface area contributed by atoms with Crippen molar-refractivity contribution in [3.63, 3.8) is 0 Å². The first-order valence-electron chi connectivity index (χ1n) is 6.41. The average molecular weight is 320 g/mol. The minimum atomic E-state index is 0.602. The molecule has 6 heteroatoms. The van der Waals surface area contributed by atoms with Crippen molar-refractivity contribution in [1.82, 2.24) is 10.2 Å². The Morgan fingerprint density at radius 1 is 1.38 bits per heavy atom. The molecular weight excluding hydrogens is 306 g/mol. The Balaban J connectivity index is 1.75. The standard InChI is InChI=1S/C15H14ClN3OS/c1-20-13-7-11(4-5-12(13)16)17-8-10-9-18-19-15(10)14-3-2-6-21-14/h2-7,9,17H,8H2,1H3,(H,18,19). The molecule has 108 valence electrons. The van der Waals surface area contributed by atoms with Crippen molar-refractivity contribution in [2.45, 2.75) is 6.54 Å². The predicted octanol–water partition coefficient (Wildman–Crippen LogP) is 4.41. The van der Waals surface area contributed by atoms with Crippen LogP contribution in [0.4, 0.5) is 5.69 Å². The first-order chi connectivity index (χ1) is 10.3. The lowest BCUT2D eigenvalue weighted by Gasteiger charge is -2.09. The molecule has 0 aliphatic rings. The molecule has 0 fully saturated rings. The van der Waals surface area contributed by atoms with Crippen LogP contribution in [0.3, 0.4) is 0 Å². The van der Waals surface area contributed by atoms with Crippen molar-refractivity contribution >= 4 is 28.6 Å². The van der Waals surface area contributed by atoms with E-state index in [0.717, 1.165) is 16.9 Å². The number of ether oxygens (including phenoxy) is 1. The Morgan fingerprint density at radius 2 is 2.29 bits per heavy atom. The summed E-state index contributed by atoms with van der Waals surface area (Å²) in [5.74, 6) is 0.660. The molecule has 0 saturated heterocycles. The highest BCUT2D eigenvalue weighted by molar-refractivity contribution is 7.13. The summed E-state index contributed by atoms with van der Waals surface area (Å²) in [5, 5.41) is 13.2. The van der Waals surface area contributed by atoms with E-state index in [1.807, 2.05) is 30.5 Å². The molecule has 0 spiro atoms. The van der Waals surface area contributed by atoms with Crippen LogP contribution < -0.4 is 10.1 Å². The van der Waals surface area contributed by atoms with Crippen LogP contribution in [0.15, 0.2) is 41.9 Å². The van der Waals surface area contributed by atoms with Crippen molar-refractivity contribution < 1.29 is 4.74 Å². The van der Waals surface area contributed by atoms with Gasteiger partial charge in [-0.15, -0.1) is 11.3 Å². The molecule has 2 aromatic heterocycles. The molecule has 21 heavy (non-hydrogen) atoms. The second-order valence-electron chi connectivity index (χ2n) is 4.45. The topological polar surface area (TPSA) is 49.9 Å². The largest absolute Gasteiger partial charge is 0.495 e. The maximum Gasteiger partial charge on any atom is 0.139 e. The van der Waals surface area contributed by atoms with Crippen molar-refractivity contribution in [3.8, 4) is 16.3 Å². The molecular formula is C15H14ClN3OS. The van der Waals surface area contributed by atoms with E-state index in [-0.39, 0.29) is 0 Å². The highest BCUT2D eigenvalue weighted by atomic mass is 35.5. The average Bonchev–Trinajstić information content (AvgIpc) is 3.17. The number of rotatable bonds is 5. The zero-order chi connectivity index (χ0) is 14.7. The number of nitrogens with one attached hydrogen (secondary N) is 2. The Kier molecular flexibility index (Phi) is 4.13. The van der Waals surface area contributed by atoms with Gasteiger partial charge in [0.1, 0.15) is 5.75 Å². The summed E-state index contributed by atoms with van der Waals surface area (Å²) in [6.07, 6.45) is 1.84. The van der Waals surface area contributed by atoms with Crippen molar-refractivity contribution in [1.29, 1.82) is 0 Å². The SMILES string of the molecule is COc1cc(NCc2cn[nH]c2-c2cccs2)ccc1Cl. The first-order valence-corrected chi connectivity index (χ1v) is 7.67. The molecule has 0 aliphatic carbocycles. The lowest BCUT2D eigenvalue weighted by Crippen LogP contribution is -2.00. The minimum absolute atomic E-state index is 0.602. The number of aromatic amines is 1. The summed E-state index contributed by atoms with van der Waals surface area (Å²) < 4.78 is 5.22. The fourth-order valence-corrected chi connectivity index (χ4v) is 3.00. The number of H-pyrrole nitrogens is 1. The zero-order valence-corrected chi connectivity index (χ0v) is 13.0. The molecule has 2 heterocycles. The quantitative estimate of drug-likeness (QED) is 0.732. The van der Waals surface area contributed by atoms with Gasteiger partial charge < -0.3 is 10.1 Å². The number of aromatic nitrogens is 2. The molecule has 0 radical (unpaired) electrons. The lowest BCUT2D eigenvalue weighted by molar-refractivity contribution is 0.415. The van der Waals surface area contributed by atoms with E-state index in [0.29, 0.717) is 17.3 Å². The number of halogens is 1. The van der Waals surface area contributed by atoms with Crippen LogP contribution >= 0.6 is 22.9 Å². The summed E-state index contributed by atoms with van der Waals surface area (Å²) in [6.45, 7) is 0.675. The monoisotopic (exact) mass is 319 g/mol. The summed E-state index contributed by atoms with van der Waals surface area (Å²) in [6, 6.07) is 9.73. The van der Waals surface area contributed by atoms with Crippen LogP contribution in [0.5, 0.6) is 5.75 Å². The number of thiophene rings is 1. The van der Waals surface area contributed by atoms with Gasteiger partial charge >= 0.3 is 0 Å². The van der Waals surface area contributed by atoms with Crippen LogP contribution in [-0.4, -0.2) is 17.3 Å². The molecule has 0 amide bonds. The van der Waals surface area contributed by atoms with Gasteiger partial charge in [-0.2, -0.15) is 5.10 Å². The highest BCUT2D eigenvalue weighted by Crippen LogP contribution is 2.29. The second kappa shape index (κ2) is 6.20. The Bertz CT molecular complexity index is 724. The lowest BCUT2D eigenvalue weighted by atomic mass is 10.2. The van der Waals surface area contributed by atoms with Gasteiger partial charge in [0.2, 0.25) is 0 Å². The molecule has 0 saturated carbocycles. The molecule has 4 nitrogen and oxygen atoms in total. The van der Waals surface area contributed by atoms with Gasteiger partial charge in [-0.3, -0.25) is 5.10 Å². The Labute approximate surface area is 131 Å². The van der Waals surface area contributed by atoms with E-state index in [9.17, 15) is 0 Å². The zero-order valence-electron chi connectivity index (χ0n) is 11.4. The van der Waals surface area contributed by atoms with Crippen LogP contribution in [0.1, 0.15) is 5.56 Å². The molecule has 0 atom stereocenters. The Hall–Kier alpha value is -1.98. The van der Waals surface area contributed by atoms with Crippen LogP contribution in [0.25, 0.3) is 10.6 Å². The number of nitrogens with zero attached hydrogens (tertiary/aromatic N) is 1. The molecule has 0 bridgehead atoms. The third-order valence-corrected chi connectivity index (χ3v) is 4.32. The normalized spacial score (nSPS) is 10.6. The minimum Gasteiger partial charge on any atom is -0.495 e. The summed E-state index contributed by atoms with van der Waals surface area (Å²) in [7, 11) is 1.61. The smallest absolute Gasteiger partial charge is 0.139 e. The fourth-order valence-electron chi connectivity index (χ4n) is 2.05.